The number of amides is 1. The number of anilines is 1. The number of para-hydroxylation sites is 1. The molecule has 1 aliphatic heterocycles. The fourth-order valence-corrected chi connectivity index (χ4v) is 4.04. The maximum atomic E-state index is 13.2. The highest BCUT2D eigenvalue weighted by Crippen LogP contribution is 2.33. The van der Waals surface area contributed by atoms with Crippen LogP contribution in [0.2, 0.25) is 10.0 Å². The molecule has 0 aliphatic carbocycles. The lowest BCUT2D eigenvalue weighted by atomic mass is 10.1. The summed E-state index contributed by atoms with van der Waals surface area (Å²) in [6, 6.07) is 19.8. The number of rotatable bonds is 5. The Morgan fingerprint density at radius 3 is 2.36 bits per heavy atom. The van der Waals surface area contributed by atoms with Gasteiger partial charge in [-0.2, -0.15) is 0 Å². The lowest BCUT2D eigenvalue weighted by Crippen LogP contribution is -2.40. The number of hydrazine groups is 1. The third-order valence-electron chi connectivity index (χ3n) is 4.46. The van der Waals surface area contributed by atoms with E-state index in [0.717, 1.165) is 11.8 Å². The molecule has 0 radical (unpaired) electrons. The van der Waals surface area contributed by atoms with Gasteiger partial charge in [-0.15, -0.1) is 0 Å². The Hall–Kier alpha value is -3.53. The molecule has 0 atom stereocenters. The number of nitro benzene ring substituents is 1. The molecular formula is C22H15Cl2N5O3S. The van der Waals surface area contributed by atoms with Crippen LogP contribution in [-0.4, -0.2) is 16.0 Å². The lowest BCUT2D eigenvalue weighted by molar-refractivity contribution is -0.384. The van der Waals surface area contributed by atoms with E-state index < -0.39 is 4.92 Å². The number of hydrogen-bond donors (Lipinski definition) is 3. The zero-order chi connectivity index (χ0) is 23.4. The van der Waals surface area contributed by atoms with E-state index >= 15 is 0 Å². The number of amidine groups is 1. The van der Waals surface area contributed by atoms with Crippen molar-refractivity contribution in [1.29, 1.82) is 0 Å². The highest BCUT2D eigenvalue weighted by Gasteiger charge is 2.25. The number of thioether (sulfide) groups is 1. The number of nitrogens with zero attached hydrogens (tertiary/aromatic N) is 2. The molecule has 4 rings (SSSR count). The molecule has 0 unspecified atom stereocenters. The van der Waals surface area contributed by atoms with Crippen molar-refractivity contribution in [2.24, 2.45) is 4.99 Å². The SMILES string of the molecule is O=C(Nc1ccccc1)C1=C(c2ccc([N+](=O)[O-])cc2)NNC(=Nc2ccc(Cl)c(Cl)c2)S1. The molecule has 8 nitrogen and oxygen atoms in total. The predicted molar refractivity (Wildman–Crippen MR) is 133 cm³/mol. The highest BCUT2D eigenvalue weighted by molar-refractivity contribution is 8.18. The second kappa shape index (κ2) is 9.95. The zero-order valence-electron chi connectivity index (χ0n) is 16.7. The van der Waals surface area contributed by atoms with Crippen LogP contribution in [0.25, 0.3) is 5.70 Å². The van der Waals surface area contributed by atoms with E-state index in [1.807, 2.05) is 18.2 Å². The number of hydrogen-bond acceptors (Lipinski definition) is 6. The minimum Gasteiger partial charge on any atom is -0.321 e. The van der Waals surface area contributed by atoms with Gasteiger partial charge in [-0.05, 0) is 54.2 Å². The number of aliphatic imine (C=N–C) groups is 1. The number of nitrogens with one attached hydrogen (secondary N) is 3. The number of non-ortho nitro benzene ring substituents is 1. The van der Waals surface area contributed by atoms with Crippen molar-refractivity contribution in [2.45, 2.75) is 0 Å². The molecule has 0 bridgehead atoms. The van der Waals surface area contributed by atoms with Crippen molar-refractivity contribution < 1.29 is 9.72 Å². The normalized spacial score (nSPS) is 14.4. The number of nitro groups is 1. The fraction of sp³-hybridized carbons (Fsp3) is 0. The zero-order valence-corrected chi connectivity index (χ0v) is 19.0. The monoisotopic (exact) mass is 499 g/mol. The molecule has 33 heavy (non-hydrogen) atoms. The van der Waals surface area contributed by atoms with Crippen molar-refractivity contribution in [2.75, 3.05) is 5.32 Å². The molecule has 166 valence electrons. The first kappa shape index (κ1) is 22.7. The minimum atomic E-state index is -0.482. The lowest BCUT2D eigenvalue weighted by Gasteiger charge is -2.24. The molecular weight excluding hydrogens is 485 g/mol. The van der Waals surface area contributed by atoms with Gasteiger partial charge in [-0.3, -0.25) is 25.8 Å². The van der Waals surface area contributed by atoms with E-state index in [4.69, 9.17) is 23.2 Å². The molecule has 0 saturated carbocycles. The van der Waals surface area contributed by atoms with Gasteiger partial charge in [0.2, 0.25) is 0 Å². The molecule has 3 aromatic carbocycles. The average molecular weight is 500 g/mol. The predicted octanol–water partition coefficient (Wildman–Crippen LogP) is 5.74. The van der Waals surface area contributed by atoms with Crippen molar-refractivity contribution in [3.63, 3.8) is 0 Å². The van der Waals surface area contributed by atoms with E-state index in [1.165, 1.54) is 12.1 Å². The Kier molecular flexibility index (Phi) is 6.83. The van der Waals surface area contributed by atoms with Crippen LogP contribution in [0.3, 0.4) is 0 Å². The molecule has 1 amide bonds. The summed E-state index contributed by atoms with van der Waals surface area (Å²) in [6.07, 6.45) is 0. The summed E-state index contributed by atoms with van der Waals surface area (Å²) < 4.78 is 0. The van der Waals surface area contributed by atoms with Crippen LogP contribution in [0.5, 0.6) is 0 Å². The summed E-state index contributed by atoms with van der Waals surface area (Å²) in [6.45, 7) is 0. The van der Waals surface area contributed by atoms with Gasteiger partial charge in [0.15, 0.2) is 5.17 Å². The first-order chi connectivity index (χ1) is 15.9. The molecule has 3 N–H and O–H groups in total. The summed E-state index contributed by atoms with van der Waals surface area (Å²) in [5.74, 6) is -0.365. The summed E-state index contributed by atoms with van der Waals surface area (Å²) in [7, 11) is 0. The fourth-order valence-electron chi connectivity index (χ4n) is 2.89. The molecule has 3 aromatic rings. The number of carbonyl (C=O) groups excluding carboxylic acids is 1. The molecule has 11 heteroatoms. The van der Waals surface area contributed by atoms with E-state index in [9.17, 15) is 14.9 Å². The van der Waals surface area contributed by atoms with Gasteiger partial charge in [0.05, 0.1) is 26.4 Å². The van der Waals surface area contributed by atoms with E-state index in [1.54, 1.807) is 42.5 Å². The molecule has 0 spiro atoms. The first-order valence-corrected chi connectivity index (χ1v) is 11.1. The largest absolute Gasteiger partial charge is 0.321 e. The van der Waals surface area contributed by atoms with Gasteiger partial charge in [-0.25, -0.2) is 4.99 Å². The maximum Gasteiger partial charge on any atom is 0.269 e. The Balaban J connectivity index is 1.69. The van der Waals surface area contributed by atoms with Gasteiger partial charge >= 0.3 is 0 Å². The van der Waals surface area contributed by atoms with Gasteiger partial charge in [0.1, 0.15) is 4.91 Å². The van der Waals surface area contributed by atoms with Gasteiger partial charge < -0.3 is 5.32 Å². The van der Waals surface area contributed by atoms with Crippen molar-refractivity contribution in [3.8, 4) is 0 Å². The van der Waals surface area contributed by atoms with Crippen LogP contribution in [0.1, 0.15) is 5.56 Å². The van der Waals surface area contributed by atoms with Crippen LogP contribution >= 0.6 is 35.0 Å². The van der Waals surface area contributed by atoms with Crippen molar-refractivity contribution in [1.82, 2.24) is 10.9 Å². The van der Waals surface area contributed by atoms with E-state index in [-0.39, 0.29) is 11.6 Å². The van der Waals surface area contributed by atoms with Crippen LogP contribution in [-0.2, 0) is 4.79 Å². The Labute approximate surface area is 202 Å². The standard InChI is InChI=1S/C22H15Cl2N5O3S/c23-17-11-8-15(12-18(17)24)26-22-28-27-19(13-6-9-16(10-7-13)29(31)32)20(33-22)21(30)25-14-4-2-1-3-5-14/h1-12,27H,(H,25,30)(H,26,28). The molecule has 0 aromatic heterocycles. The quantitative estimate of drug-likeness (QED) is 0.305. The molecule has 0 fully saturated rings. The number of halogens is 2. The van der Waals surface area contributed by atoms with Gasteiger partial charge in [-0.1, -0.05) is 41.4 Å². The van der Waals surface area contributed by atoms with E-state index in [2.05, 4.69) is 21.2 Å². The van der Waals surface area contributed by atoms with Crippen LogP contribution in [0.15, 0.2) is 82.7 Å². The summed E-state index contributed by atoms with van der Waals surface area (Å²) in [4.78, 5) is 28.5. The van der Waals surface area contributed by atoms with Crippen molar-refractivity contribution >= 4 is 68.8 Å². The maximum absolute atomic E-state index is 13.2. The molecule has 1 heterocycles. The van der Waals surface area contributed by atoms with Gasteiger partial charge in [0.25, 0.3) is 11.6 Å². The number of benzene rings is 3. The summed E-state index contributed by atoms with van der Waals surface area (Å²) in [5.41, 5.74) is 8.10. The number of carbonyl (C=O) groups is 1. The van der Waals surface area contributed by atoms with E-state index in [0.29, 0.717) is 42.8 Å². The van der Waals surface area contributed by atoms with Crippen LogP contribution < -0.4 is 16.2 Å². The Morgan fingerprint density at radius 1 is 0.970 bits per heavy atom. The molecule has 1 aliphatic rings. The average Bonchev–Trinajstić information content (AvgIpc) is 2.82. The van der Waals surface area contributed by atoms with Crippen molar-refractivity contribution in [3.05, 3.63) is 103 Å². The Morgan fingerprint density at radius 2 is 1.70 bits per heavy atom. The second-order valence-electron chi connectivity index (χ2n) is 6.70. The Bertz CT molecular complexity index is 1280. The molecule has 0 saturated heterocycles. The first-order valence-electron chi connectivity index (χ1n) is 9.50. The topological polar surface area (TPSA) is 109 Å². The second-order valence-corrected chi connectivity index (χ2v) is 8.51. The minimum absolute atomic E-state index is 0.0482. The smallest absolute Gasteiger partial charge is 0.269 e. The van der Waals surface area contributed by atoms with Crippen LogP contribution in [0.4, 0.5) is 17.1 Å². The van der Waals surface area contributed by atoms with Gasteiger partial charge in [0, 0.05) is 23.4 Å². The third-order valence-corrected chi connectivity index (χ3v) is 6.18. The van der Waals surface area contributed by atoms with Crippen LogP contribution in [0, 0.1) is 10.1 Å². The third kappa shape index (κ3) is 5.46. The summed E-state index contributed by atoms with van der Waals surface area (Å²) >= 11 is 13.2. The highest BCUT2D eigenvalue weighted by atomic mass is 35.5. The summed E-state index contributed by atoms with van der Waals surface area (Å²) in [5, 5.41) is 15.0.